The molecule has 0 aromatic carbocycles. The van der Waals surface area contributed by atoms with Gasteiger partial charge in [-0.2, -0.15) is 0 Å². The van der Waals surface area contributed by atoms with Crippen LogP contribution < -0.4 is 5.32 Å². The fraction of sp³-hybridized carbons (Fsp3) is 0.500. The van der Waals surface area contributed by atoms with Crippen molar-refractivity contribution in [2.24, 2.45) is 0 Å². The Morgan fingerprint density at radius 2 is 2.25 bits per heavy atom. The molecule has 4 heteroatoms. The van der Waals surface area contributed by atoms with E-state index in [1.165, 1.54) is 0 Å². The van der Waals surface area contributed by atoms with Crippen LogP contribution in [0.2, 0.25) is 0 Å². The summed E-state index contributed by atoms with van der Waals surface area (Å²) in [5.41, 5.74) is -0.725. The van der Waals surface area contributed by atoms with E-state index in [4.69, 9.17) is 0 Å². The van der Waals surface area contributed by atoms with Crippen molar-refractivity contribution in [3.8, 4) is 0 Å². The Morgan fingerprint density at radius 3 is 2.75 bits per heavy atom. The predicted octanol–water partition coefficient (Wildman–Crippen LogP) is 0.659. The molecule has 1 aromatic rings. The van der Waals surface area contributed by atoms with Crippen molar-refractivity contribution in [1.82, 2.24) is 9.97 Å². The van der Waals surface area contributed by atoms with Crippen LogP contribution in [0, 0.1) is 0 Å². The second-order valence-corrected chi connectivity index (χ2v) is 3.26. The van der Waals surface area contributed by atoms with Crippen molar-refractivity contribution < 1.29 is 5.11 Å². The Hall–Kier alpha value is -1.16. The average molecular weight is 167 g/mol. The van der Waals surface area contributed by atoms with E-state index < -0.39 is 5.60 Å². The molecule has 1 rings (SSSR count). The molecule has 0 amide bonds. The fourth-order valence-electron chi connectivity index (χ4n) is 0.697. The molecule has 0 aliphatic rings. The number of rotatable bonds is 3. The predicted molar refractivity (Wildman–Crippen MR) is 46.8 cm³/mol. The van der Waals surface area contributed by atoms with Crippen LogP contribution in [-0.4, -0.2) is 27.2 Å². The molecule has 0 saturated heterocycles. The van der Waals surface area contributed by atoms with Crippen LogP contribution in [0.4, 0.5) is 5.82 Å². The quantitative estimate of drug-likeness (QED) is 0.694. The molecule has 0 aliphatic carbocycles. The molecular formula is C8H13N3O. The number of hydrogen-bond acceptors (Lipinski definition) is 4. The highest BCUT2D eigenvalue weighted by molar-refractivity contribution is 5.30. The van der Waals surface area contributed by atoms with E-state index in [1.54, 1.807) is 32.4 Å². The van der Waals surface area contributed by atoms with E-state index in [2.05, 4.69) is 15.3 Å². The van der Waals surface area contributed by atoms with E-state index >= 15 is 0 Å². The standard InChI is InChI=1S/C8H13N3O/c1-8(2,12)6-11-7-5-9-3-4-10-7/h3-5,12H,6H2,1-2H3,(H,10,11). The van der Waals surface area contributed by atoms with Crippen LogP contribution in [0.5, 0.6) is 0 Å². The molecule has 0 radical (unpaired) electrons. The van der Waals surface area contributed by atoms with Gasteiger partial charge in [-0.15, -0.1) is 0 Å². The van der Waals surface area contributed by atoms with Crippen LogP contribution in [0.1, 0.15) is 13.8 Å². The van der Waals surface area contributed by atoms with Gasteiger partial charge in [0, 0.05) is 18.9 Å². The zero-order valence-electron chi connectivity index (χ0n) is 7.28. The van der Waals surface area contributed by atoms with E-state index in [1.807, 2.05) is 0 Å². The molecule has 4 nitrogen and oxygen atoms in total. The lowest BCUT2D eigenvalue weighted by atomic mass is 10.1. The molecule has 0 atom stereocenters. The number of aliphatic hydroxyl groups is 1. The maximum absolute atomic E-state index is 9.37. The summed E-state index contributed by atoms with van der Waals surface area (Å²) in [6, 6.07) is 0. The molecular weight excluding hydrogens is 154 g/mol. The normalized spacial score (nSPS) is 11.2. The first-order valence-electron chi connectivity index (χ1n) is 3.80. The summed E-state index contributed by atoms with van der Waals surface area (Å²) < 4.78 is 0. The average Bonchev–Trinajstić information content (AvgIpc) is 2.02. The van der Waals surface area contributed by atoms with Gasteiger partial charge < -0.3 is 10.4 Å². The number of anilines is 1. The first-order valence-corrected chi connectivity index (χ1v) is 3.80. The van der Waals surface area contributed by atoms with Crippen LogP contribution in [0.3, 0.4) is 0 Å². The van der Waals surface area contributed by atoms with E-state index in [9.17, 15) is 5.11 Å². The van der Waals surface area contributed by atoms with Gasteiger partial charge in [0.25, 0.3) is 0 Å². The van der Waals surface area contributed by atoms with Gasteiger partial charge in [0.05, 0.1) is 11.8 Å². The Kier molecular flexibility index (Phi) is 2.60. The molecule has 0 aliphatic heterocycles. The minimum absolute atomic E-state index is 0.464. The number of nitrogens with zero attached hydrogens (tertiary/aromatic N) is 2. The monoisotopic (exact) mass is 167 g/mol. The third-order valence-corrected chi connectivity index (χ3v) is 1.27. The van der Waals surface area contributed by atoms with Crippen LogP contribution >= 0.6 is 0 Å². The lowest BCUT2D eigenvalue weighted by Gasteiger charge is -2.17. The lowest BCUT2D eigenvalue weighted by Crippen LogP contribution is -2.29. The maximum atomic E-state index is 9.37. The Labute approximate surface area is 71.7 Å². The molecule has 0 spiro atoms. The fourth-order valence-corrected chi connectivity index (χ4v) is 0.697. The van der Waals surface area contributed by atoms with Gasteiger partial charge >= 0.3 is 0 Å². The smallest absolute Gasteiger partial charge is 0.144 e. The zero-order chi connectivity index (χ0) is 9.03. The summed E-state index contributed by atoms with van der Waals surface area (Å²) in [6.07, 6.45) is 4.83. The summed E-state index contributed by atoms with van der Waals surface area (Å²) in [7, 11) is 0. The first kappa shape index (κ1) is 8.93. The van der Waals surface area contributed by atoms with Gasteiger partial charge in [0.2, 0.25) is 0 Å². The topological polar surface area (TPSA) is 58.0 Å². The van der Waals surface area contributed by atoms with Crippen LogP contribution in [-0.2, 0) is 0 Å². The largest absolute Gasteiger partial charge is 0.389 e. The molecule has 1 heterocycles. The van der Waals surface area contributed by atoms with E-state index in [0.29, 0.717) is 12.4 Å². The number of nitrogens with one attached hydrogen (secondary N) is 1. The summed E-state index contributed by atoms with van der Waals surface area (Å²) in [5, 5.41) is 12.3. The van der Waals surface area contributed by atoms with Gasteiger partial charge in [-0.25, -0.2) is 4.98 Å². The highest BCUT2D eigenvalue weighted by Crippen LogP contribution is 2.03. The van der Waals surface area contributed by atoms with Gasteiger partial charge in [-0.1, -0.05) is 0 Å². The van der Waals surface area contributed by atoms with Crippen LogP contribution in [0.25, 0.3) is 0 Å². The molecule has 0 unspecified atom stereocenters. The van der Waals surface area contributed by atoms with Crippen molar-refractivity contribution in [3.63, 3.8) is 0 Å². The first-order chi connectivity index (χ1) is 5.58. The van der Waals surface area contributed by atoms with Gasteiger partial charge in [-0.3, -0.25) is 4.98 Å². The Bertz CT molecular complexity index is 230. The minimum atomic E-state index is -0.725. The molecule has 0 saturated carbocycles. The second kappa shape index (κ2) is 3.49. The third-order valence-electron chi connectivity index (χ3n) is 1.27. The molecule has 12 heavy (non-hydrogen) atoms. The summed E-state index contributed by atoms with van der Waals surface area (Å²) in [6.45, 7) is 3.93. The van der Waals surface area contributed by atoms with Crippen molar-refractivity contribution in [2.45, 2.75) is 19.4 Å². The number of aromatic nitrogens is 2. The van der Waals surface area contributed by atoms with E-state index in [-0.39, 0.29) is 0 Å². The summed E-state index contributed by atoms with van der Waals surface area (Å²) in [5.74, 6) is 0.680. The van der Waals surface area contributed by atoms with Crippen molar-refractivity contribution in [3.05, 3.63) is 18.6 Å². The van der Waals surface area contributed by atoms with E-state index in [0.717, 1.165) is 0 Å². The summed E-state index contributed by atoms with van der Waals surface area (Å²) in [4.78, 5) is 7.88. The Balaban J connectivity index is 2.44. The van der Waals surface area contributed by atoms with Gasteiger partial charge in [0.1, 0.15) is 5.82 Å². The van der Waals surface area contributed by atoms with Gasteiger partial charge in [-0.05, 0) is 13.8 Å². The van der Waals surface area contributed by atoms with Gasteiger partial charge in [0.15, 0.2) is 0 Å². The zero-order valence-corrected chi connectivity index (χ0v) is 7.28. The molecule has 0 fully saturated rings. The Morgan fingerprint density at radius 1 is 1.50 bits per heavy atom. The SMILES string of the molecule is CC(C)(O)CNc1cnccn1. The number of hydrogen-bond donors (Lipinski definition) is 2. The van der Waals surface area contributed by atoms with Crippen LogP contribution in [0.15, 0.2) is 18.6 Å². The summed E-state index contributed by atoms with van der Waals surface area (Å²) >= 11 is 0. The molecule has 0 bridgehead atoms. The lowest BCUT2D eigenvalue weighted by molar-refractivity contribution is 0.0944. The van der Waals surface area contributed by atoms with Crippen molar-refractivity contribution >= 4 is 5.82 Å². The maximum Gasteiger partial charge on any atom is 0.144 e. The van der Waals surface area contributed by atoms with Crippen molar-refractivity contribution in [2.75, 3.05) is 11.9 Å². The minimum Gasteiger partial charge on any atom is -0.389 e. The third kappa shape index (κ3) is 3.30. The highest BCUT2D eigenvalue weighted by Gasteiger charge is 2.11. The molecule has 66 valence electrons. The highest BCUT2D eigenvalue weighted by atomic mass is 16.3. The molecule has 1 aromatic heterocycles. The second-order valence-electron chi connectivity index (χ2n) is 3.26. The molecule has 2 N–H and O–H groups in total. The van der Waals surface area contributed by atoms with Crippen molar-refractivity contribution in [1.29, 1.82) is 0 Å².